The average Bonchev–Trinajstić information content (AvgIpc) is 3.21. The second-order valence-electron chi connectivity index (χ2n) is 13.1. The first kappa shape index (κ1) is 47.6. The number of hydrogen-bond acceptors (Lipinski definition) is 10. The first-order valence-corrected chi connectivity index (χ1v) is 17.7. The number of aromatic nitrogens is 2. The van der Waals surface area contributed by atoms with Crippen LogP contribution in [0.4, 0.5) is 18.9 Å². The maximum absolute atomic E-state index is 13.6. The monoisotopic (exact) mass is 866 g/mol. The van der Waals surface area contributed by atoms with Crippen LogP contribution in [0, 0.1) is 0 Å². The van der Waals surface area contributed by atoms with E-state index in [9.17, 15) is 13.2 Å². The van der Waals surface area contributed by atoms with Gasteiger partial charge in [-0.05, 0) is 96.3 Å². The van der Waals surface area contributed by atoms with E-state index in [2.05, 4.69) is 25.8 Å². The Morgan fingerprint density at radius 3 is 1.67 bits per heavy atom. The minimum Gasteiger partial charge on any atom is -0.493 e. The lowest BCUT2D eigenvalue weighted by Gasteiger charge is -2.40. The number of anilines is 1. The van der Waals surface area contributed by atoms with E-state index in [-0.39, 0.29) is 43.3 Å². The van der Waals surface area contributed by atoms with Crippen molar-refractivity contribution in [1.29, 1.82) is 0 Å². The first-order valence-electron chi connectivity index (χ1n) is 17.7. The van der Waals surface area contributed by atoms with Crippen molar-refractivity contribution in [2.75, 3.05) is 60.6 Å². The van der Waals surface area contributed by atoms with Crippen molar-refractivity contribution in [2.24, 2.45) is 0 Å². The Morgan fingerprint density at radius 2 is 1.17 bits per heavy atom. The molecule has 0 aliphatic carbocycles. The summed E-state index contributed by atoms with van der Waals surface area (Å²) in [6.45, 7) is 2.75. The molecule has 58 heavy (non-hydrogen) atoms. The van der Waals surface area contributed by atoms with Gasteiger partial charge in [-0.25, -0.2) is 0 Å². The topological polar surface area (TPSA) is 87.6 Å². The van der Waals surface area contributed by atoms with E-state index in [0.29, 0.717) is 53.3 Å². The number of likely N-dealkylation sites (tertiary alicyclic amines) is 1. The van der Waals surface area contributed by atoms with Gasteiger partial charge >= 0.3 is 6.18 Å². The van der Waals surface area contributed by atoms with Crippen molar-refractivity contribution >= 4 is 42.9 Å². The molecule has 0 saturated carbocycles. The van der Waals surface area contributed by atoms with Crippen LogP contribution in [0.2, 0.25) is 0 Å². The molecule has 0 bridgehead atoms. The van der Waals surface area contributed by atoms with Gasteiger partial charge in [0.15, 0.2) is 23.0 Å². The summed E-state index contributed by atoms with van der Waals surface area (Å²) in [6, 6.07) is 19.0. The molecule has 0 radical (unpaired) electrons. The summed E-state index contributed by atoms with van der Waals surface area (Å²) in [4.78, 5) is 13.7. The number of benzene rings is 3. The van der Waals surface area contributed by atoms with Gasteiger partial charge < -0.3 is 33.3 Å². The molecule has 0 unspecified atom stereocenters. The van der Waals surface area contributed by atoms with Crippen LogP contribution in [-0.4, -0.2) is 76.7 Å². The quantitative estimate of drug-likeness (QED) is 0.108. The molecule has 1 aliphatic rings. The van der Waals surface area contributed by atoms with E-state index >= 15 is 0 Å². The van der Waals surface area contributed by atoms with Crippen LogP contribution in [0.3, 0.4) is 0 Å². The zero-order valence-corrected chi connectivity index (χ0v) is 35.4. The van der Waals surface area contributed by atoms with E-state index in [1.165, 1.54) is 0 Å². The molecule has 1 fully saturated rings. The van der Waals surface area contributed by atoms with Crippen molar-refractivity contribution in [3.63, 3.8) is 0 Å². The van der Waals surface area contributed by atoms with Gasteiger partial charge in [0.2, 0.25) is 11.5 Å². The third-order valence-corrected chi connectivity index (χ3v) is 9.86. The molecular weight excluding hydrogens is 820 g/mol. The number of ether oxygens (including phenoxy) is 6. The van der Waals surface area contributed by atoms with Crippen LogP contribution in [-0.2, 0) is 19.3 Å². The average molecular weight is 868 g/mol. The lowest BCUT2D eigenvalue weighted by atomic mass is 9.99. The summed E-state index contributed by atoms with van der Waals surface area (Å²) < 4.78 is 73.9. The molecule has 5 aromatic rings. The third-order valence-electron chi connectivity index (χ3n) is 9.86. The summed E-state index contributed by atoms with van der Waals surface area (Å²) in [6.07, 6.45) is 2.62. The van der Waals surface area contributed by atoms with Crippen molar-refractivity contribution in [1.82, 2.24) is 14.9 Å². The van der Waals surface area contributed by atoms with E-state index in [1.807, 2.05) is 48.8 Å². The molecule has 0 amide bonds. The standard InChI is InChI=1S/C42H45F3N4O6.3ClH/c1-50-36-19-29(20-37(51-2)40(36)54-5)31-17-28(23-46-24-31)25-48-15-12-34(13-16-48)49(33-9-7-32(8-10-33)42(43,44)45)26-27-11-14-47-35(18-27)30-21-38(52-3)41(55-6)39(22-30)53-4;;;/h7-11,14,17-24,34H,12-13,15-16,25-26H2,1-6H3;3*1H. The number of halogens is 6. The van der Waals surface area contributed by atoms with Gasteiger partial charge in [0, 0.05) is 67.6 Å². The molecule has 0 spiro atoms. The summed E-state index contributed by atoms with van der Waals surface area (Å²) >= 11 is 0. The van der Waals surface area contributed by atoms with Crippen LogP contribution < -0.4 is 33.3 Å². The molecule has 2 aromatic heterocycles. The Labute approximate surface area is 355 Å². The second kappa shape index (κ2) is 21.3. The minimum absolute atomic E-state index is 0. The Bertz CT molecular complexity index is 2040. The van der Waals surface area contributed by atoms with Crippen LogP contribution in [0.15, 0.2) is 85.3 Å². The number of rotatable bonds is 14. The molecule has 6 rings (SSSR count). The highest BCUT2D eigenvalue weighted by atomic mass is 35.5. The molecule has 16 heteroatoms. The Morgan fingerprint density at radius 1 is 0.638 bits per heavy atom. The highest BCUT2D eigenvalue weighted by Crippen LogP contribution is 2.42. The summed E-state index contributed by atoms with van der Waals surface area (Å²) in [5.74, 6) is 3.13. The van der Waals surface area contributed by atoms with Gasteiger partial charge in [-0.3, -0.25) is 14.9 Å². The zero-order chi connectivity index (χ0) is 39.1. The van der Waals surface area contributed by atoms with Crippen LogP contribution >= 0.6 is 37.2 Å². The maximum Gasteiger partial charge on any atom is 0.416 e. The van der Waals surface area contributed by atoms with Crippen LogP contribution in [0.25, 0.3) is 22.4 Å². The molecule has 0 N–H and O–H groups in total. The molecule has 1 aliphatic heterocycles. The molecule has 3 aromatic carbocycles. The highest BCUT2D eigenvalue weighted by molar-refractivity contribution is 5.86. The second-order valence-corrected chi connectivity index (χ2v) is 13.1. The first-order chi connectivity index (χ1) is 26.6. The number of hydrogen-bond donors (Lipinski definition) is 0. The van der Waals surface area contributed by atoms with E-state index < -0.39 is 11.7 Å². The number of nitrogens with zero attached hydrogens (tertiary/aromatic N) is 4. The van der Waals surface area contributed by atoms with Gasteiger partial charge in [-0.1, -0.05) is 0 Å². The maximum atomic E-state index is 13.6. The summed E-state index contributed by atoms with van der Waals surface area (Å²) in [5, 5.41) is 0. The Kier molecular flexibility index (Phi) is 17.4. The molecule has 1 saturated heterocycles. The lowest BCUT2D eigenvalue weighted by molar-refractivity contribution is -0.137. The fourth-order valence-electron chi connectivity index (χ4n) is 7.06. The minimum atomic E-state index is -4.42. The molecular formula is C42H48Cl3F3N4O6. The number of alkyl halides is 3. The normalized spacial score (nSPS) is 12.9. The lowest BCUT2D eigenvalue weighted by Crippen LogP contribution is -2.44. The smallest absolute Gasteiger partial charge is 0.416 e. The molecule has 0 atom stereocenters. The molecule has 314 valence electrons. The van der Waals surface area contributed by atoms with Crippen LogP contribution in [0.1, 0.15) is 29.5 Å². The number of piperidine rings is 1. The van der Waals surface area contributed by atoms with Crippen LogP contribution in [0.5, 0.6) is 34.5 Å². The summed E-state index contributed by atoms with van der Waals surface area (Å²) in [7, 11) is 9.42. The largest absolute Gasteiger partial charge is 0.493 e. The third kappa shape index (κ3) is 10.8. The predicted octanol–water partition coefficient (Wildman–Crippen LogP) is 9.82. The van der Waals surface area contributed by atoms with E-state index in [0.717, 1.165) is 71.6 Å². The van der Waals surface area contributed by atoms with Crippen molar-refractivity contribution in [3.05, 3.63) is 102 Å². The van der Waals surface area contributed by atoms with Gasteiger partial charge in [0.25, 0.3) is 0 Å². The fraction of sp³-hybridized carbons (Fsp3) is 0.333. The molecule has 10 nitrogen and oxygen atoms in total. The fourth-order valence-corrected chi connectivity index (χ4v) is 7.06. The Hall–Kier alpha value is -4.82. The number of methoxy groups -OCH3 is 6. The number of pyridine rings is 2. The van der Waals surface area contributed by atoms with E-state index in [4.69, 9.17) is 28.4 Å². The predicted molar refractivity (Wildman–Crippen MR) is 226 cm³/mol. The van der Waals surface area contributed by atoms with Gasteiger partial charge in [0.05, 0.1) is 53.9 Å². The highest BCUT2D eigenvalue weighted by Gasteiger charge is 2.31. The van der Waals surface area contributed by atoms with E-state index in [1.54, 1.807) is 61.0 Å². The molecule has 3 heterocycles. The van der Waals surface area contributed by atoms with Crippen molar-refractivity contribution in [3.8, 4) is 56.9 Å². The van der Waals surface area contributed by atoms with Crippen molar-refractivity contribution < 1.29 is 41.6 Å². The van der Waals surface area contributed by atoms with Gasteiger partial charge in [-0.15, -0.1) is 37.2 Å². The van der Waals surface area contributed by atoms with Gasteiger partial charge in [0.1, 0.15) is 0 Å². The van der Waals surface area contributed by atoms with Gasteiger partial charge in [-0.2, -0.15) is 13.2 Å². The van der Waals surface area contributed by atoms with Crippen molar-refractivity contribution in [2.45, 2.75) is 38.1 Å². The summed E-state index contributed by atoms with van der Waals surface area (Å²) in [5.41, 5.74) is 5.33. The zero-order valence-electron chi connectivity index (χ0n) is 33.0. The Balaban J connectivity index is 0.00000300. The SMILES string of the molecule is COc1cc(-c2cncc(CN3CCC(N(Cc4ccnc(-c5cc(OC)c(OC)c(OC)c5)c4)c4ccc(C(F)(F)F)cc4)CC3)c2)cc(OC)c1OC.Cl.Cl.Cl.